The van der Waals surface area contributed by atoms with Crippen molar-refractivity contribution in [3.63, 3.8) is 0 Å². The largest absolute Gasteiger partial charge is 0.480 e. The highest BCUT2D eigenvalue weighted by Gasteiger charge is 2.34. The average Bonchev–Trinajstić information content (AvgIpc) is 2.75. The van der Waals surface area contributed by atoms with E-state index in [-0.39, 0.29) is 37.1 Å². The van der Waals surface area contributed by atoms with Gasteiger partial charge in [-0.05, 0) is 33.2 Å². The number of aliphatic carboxylic acids is 1. The quantitative estimate of drug-likeness (QED) is 0.826. The Kier molecular flexibility index (Phi) is 6.23. The number of likely N-dealkylation sites (tertiary alicyclic amines) is 1. The van der Waals surface area contributed by atoms with Crippen molar-refractivity contribution in [1.82, 2.24) is 9.80 Å². The lowest BCUT2D eigenvalue weighted by Gasteiger charge is -2.36. The lowest BCUT2D eigenvalue weighted by Crippen LogP contribution is -2.52. The lowest BCUT2D eigenvalue weighted by atomic mass is 10.2. The van der Waals surface area contributed by atoms with Crippen LogP contribution in [-0.4, -0.2) is 71.2 Å². The standard InChI is InChI=1S/C13H22N2O4.ClH/c1-9-6-15(7-10(2)19-9)12(16)8-14-5-3-4-11(14)13(17)18;/h9-11H,3-8H2,1-2H3,(H,17,18);1H/t9?,10?,11-;/m1./s1. The van der Waals surface area contributed by atoms with Crippen molar-refractivity contribution in [2.24, 2.45) is 0 Å². The molecule has 1 amide bonds. The number of halogens is 1. The lowest BCUT2D eigenvalue weighted by molar-refractivity contribution is -0.147. The Labute approximate surface area is 125 Å². The van der Waals surface area contributed by atoms with E-state index in [4.69, 9.17) is 9.84 Å². The second-order valence-electron chi connectivity index (χ2n) is 5.52. The van der Waals surface area contributed by atoms with Gasteiger partial charge in [-0.3, -0.25) is 14.5 Å². The zero-order valence-electron chi connectivity index (χ0n) is 11.9. The maximum absolute atomic E-state index is 12.2. The summed E-state index contributed by atoms with van der Waals surface area (Å²) in [6, 6.07) is -0.500. The Morgan fingerprint density at radius 3 is 2.40 bits per heavy atom. The molecule has 0 aliphatic carbocycles. The molecular formula is C13H23ClN2O4. The molecule has 2 unspecified atom stereocenters. The summed E-state index contributed by atoms with van der Waals surface area (Å²) in [6.07, 6.45) is 1.57. The van der Waals surface area contributed by atoms with Gasteiger partial charge >= 0.3 is 5.97 Å². The van der Waals surface area contributed by atoms with Crippen LogP contribution < -0.4 is 0 Å². The molecule has 0 saturated carbocycles. The second kappa shape index (κ2) is 7.24. The highest BCUT2D eigenvalue weighted by atomic mass is 35.5. The van der Waals surface area contributed by atoms with E-state index in [1.807, 2.05) is 13.8 Å². The summed E-state index contributed by atoms with van der Waals surface area (Å²) in [4.78, 5) is 26.9. The molecule has 0 aromatic heterocycles. The molecule has 7 heteroatoms. The molecule has 6 nitrogen and oxygen atoms in total. The second-order valence-corrected chi connectivity index (χ2v) is 5.52. The Hall–Kier alpha value is -0.850. The number of hydrogen-bond acceptors (Lipinski definition) is 4. The van der Waals surface area contributed by atoms with Gasteiger partial charge in [-0.25, -0.2) is 0 Å². The number of carboxylic acids is 1. The minimum atomic E-state index is -0.825. The first-order valence-electron chi connectivity index (χ1n) is 6.87. The van der Waals surface area contributed by atoms with E-state index in [0.29, 0.717) is 26.1 Å². The van der Waals surface area contributed by atoms with Gasteiger partial charge in [-0.1, -0.05) is 0 Å². The van der Waals surface area contributed by atoms with Crippen molar-refractivity contribution < 1.29 is 19.4 Å². The van der Waals surface area contributed by atoms with Crippen molar-refractivity contribution in [2.45, 2.75) is 44.9 Å². The van der Waals surface area contributed by atoms with Gasteiger partial charge < -0.3 is 14.7 Å². The molecule has 3 atom stereocenters. The molecule has 2 fully saturated rings. The Morgan fingerprint density at radius 1 is 1.25 bits per heavy atom. The third-order valence-corrected chi connectivity index (χ3v) is 3.76. The molecule has 0 radical (unpaired) electrons. The first kappa shape index (κ1) is 17.2. The van der Waals surface area contributed by atoms with Crippen LogP contribution in [0.3, 0.4) is 0 Å². The fourth-order valence-corrected chi connectivity index (χ4v) is 2.95. The first-order valence-corrected chi connectivity index (χ1v) is 6.87. The van der Waals surface area contributed by atoms with E-state index in [1.54, 1.807) is 9.80 Å². The molecule has 0 bridgehead atoms. The van der Waals surface area contributed by atoms with Crippen molar-refractivity contribution in [3.05, 3.63) is 0 Å². The van der Waals surface area contributed by atoms with Crippen LogP contribution in [0.2, 0.25) is 0 Å². The highest BCUT2D eigenvalue weighted by Crippen LogP contribution is 2.18. The van der Waals surface area contributed by atoms with Gasteiger partial charge in [0.1, 0.15) is 6.04 Å². The molecule has 116 valence electrons. The van der Waals surface area contributed by atoms with Gasteiger partial charge in [0, 0.05) is 13.1 Å². The van der Waals surface area contributed by atoms with Crippen LogP contribution in [0, 0.1) is 0 Å². The summed E-state index contributed by atoms with van der Waals surface area (Å²) in [5, 5.41) is 9.10. The maximum Gasteiger partial charge on any atom is 0.320 e. The molecule has 2 saturated heterocycles. The van der Waals surface area contributed by atoms with Gasteiger partial charge in [0.2, 0.25) is 5.91 Å². The molecular weight excluding hydrogens is 284 g/mol. The van der Waals surface area contributed by atoms with Gasteiger partial charge in [0.25, 0.3) is 0 Å². The fourth-order valence-electron chi connectivity index (χ4n) is 2.95. The van der Waals surface area contributed by atoms with Crippen molar-refractivity contribution >= 4 is 24.3 Å². The topological polar surface area (TPSA) is 70.1 Å². The minimum Gasteiger partial charge on any atom is -0.480 e. The number of rotatable bonds is 3. The highest BCUT2D eigenvalue weighted by molar-refractivity contribution is 5.85. The van der Waals surface area contributed by atoms with Crippen molar-refractivity contribution in [2.75, 3.05) is 26.2 Å². The van der Waals surface area contributed by atoms with Crippen LogP contribution in [0.5, 0.6) is 0 Å². The predicted molar refractivity (Wildman–Crippen MR) is 76.1 cm³/mol. The zero-order chi connectivity index (χ0) is 14.0. The van der Waals surface area contributed by atoms with Gasteiger partial charge in [0.05, 0.1) is 18.8 Å². The molecule has 0 spiro atoms. The Bertz CT molecular complexity index is 356. The molecule has 2 rings (SSSR count). The molecule has 0 aromatic carbocycles. The Balaban J connectivity index is 0.00000200. The van der Waals surface area contributed by atoms with E-state index in [1.165, 1.54) is 0 Å². The predicted octanol–water partition coefficient (Wildman–Crippen LogP) is 0.593. The van der Waals surface area contributed by atoms with Crippen LogP contribution in [-0.2, 0) is 14.3 Å². The molecule has 20 heavy (non-hydrogen) atoms. The number of carbonyl (C=O) groups is 2. The third kappa shape index (κ3) is 4.07. The summed E-state index contributed by atoms with van der Waals surface area (Å²) < 4.78 is 5.59. The molecule has 2 aliphatic rings. The molecule has 1 N–H and O–H groups in total. The maximum atomic E-state index is 12.2. The smallest absolute Gasteiger partial charge is 0.320 e. The van der Waals surface area contributed by atoms with E-state index < -0.39 is 12.0 Å². The van der Waals surface area contributed by atoms with Crippen LogP contribution >= 0.6 is 12.4 Å². The van der Waals surface area contributed by atoms with E-state index in [9.17, 15) is 9.59 Å². The van der Waals surface area contributed by atoms with Crippen molar-refractivity contribution in [1.29, 1.82) is 0 Å². The van der Waals surface area contributed by atoms with Crippen LogP contribution in [0.4, 0.5) is 0 Å². The summed E-state index contributed by atoms with van der Waals surface area (Å²) in [5.41, 5.74) is 0. The average molecular weight is 307 g/mol. The van der Waals surface area contributed by atoms with Gasteiger partial charge in [-0.15, -0.1) is 12.4 Å². The fraction of sp³-hybridized carbons (Fsp3) is 0.846. The molecule has 0 aromatic rings. The van der Waals surface area contributed by atoms with E-state index in [2.05, 4.69) is 0 Å². The normalized spacial score (nSPS) is 30.9. The molecule has 2 aliphatic heterocycles. The number of ether oxygens (including phenoxy) is 1. The summed E-state index contributed by atoms with van der Waals surface area (Å²) in [6.45, 7) is 5.98. The number of hydrogen-bond donors (Lipinski definition) is 1. The summed E-state index contributed by atoms with van der Waals surface area (Å²) in [5.74, 6) is -0.816. The number of carbonyl (C=O) groups excluding carboxylic acids is 1. The number of carboxylic acid groups (broad SMARTS) is 1. The SMILES string of the molecule is CC1CN(C(=O)CN2CCC[C@@H]2C(=O)O)CC(C)O1.Cl. The summed E-state index contributed by atoms with van der Waals surface area (Å²) in [7, 11) is 0. The van der Waals surface area contributed by atoms with Crippen LogP contribution in [0.1, 0.15) is 26.7 Å². The number of morpholine rings is 1. The van der Waals surface area contributed by atoms with Crippen LogP contribution in [0.15, 0.2) is 0 Å². The Morgan fingerprint density at radius 2 is 1.85 bits per heavy atom. The summed E-state index contributed by atoms with van der Waals surface area (Å²) >= 11 is 0. The number of nitrogens with zero attached hydrogens (tertiary/aromatic N) is 2. The monoisotopic (exact) mass is 306 g/mol. The van der Waals surface area contributed by atoms with Crippen LogP contribution in [0.25, 0.3) is 0 Å². The first-order chi connectivity index (χ1) is 8.97. The van der Waals surface area contributed by atoms with Gasteiger partial charge in [0.15, 0.2) is 0 Å². The van der Waals surface area contributed by atoms with E-state index in [0.717, 1.165) is 6.42 Å². The zero-order valence-corrected chi connectivity index (χ0v) is 12.8. The van der Waals surface area contributed by atoms with Gasteiger partial charge in [-0.2, -0.15) is 0 Å². The minimum absolute atomic E-state index is 0. The third-order valence-electron chi connectivity index (χ3n) is 3.76. The molecule has 2 heterocycles. The van der Waals surface area contributed by atoms with E-state index >= 15 is 0 Å². The van der Waals surface area contributed by atoms with Crippen molar-refractivity contribution in [3.8, 4) is 0 Å². The number of amides is 1.